The van der Waals surface area contributed by atoms with E-state index in [2.05, 4.69) is 37.4 Å². The van der Waals surface area contributed by atoms with E-state index in [1.807, 2.05) is 0 Å². The third kappa shape index (κ3) is 2.79. The second kappa shape index (κ2) is 5.16. The van der Waals surface area contributed by atoms with Gasteiger partial charge >= 0.3 is 0 Å². The van der Waals surface area contributed by atoms with Gasteiger partial charge in [0, 0.05) is 17.5 Å². The summed E-state index contributed by atoms with van der Waals surface area (Å²) in [6.45, 7) is 7.65. The zero-order chi connectivity index (χ0) is 13.3. The van der Waals surface area contributed by atoms with Gasteiger partial charge in [0.05, 0.1) is 6.61 Å². The lowest BCUT2D eigenvalue weighted by atomic mass is 9.89. The van der Waals surface area contributed by atoms with Crippen molar-refractivity contribution in [3.8, 4) is 5.75 Å². The predicted octanol–water partition coefficient (Wildman–Crippen LogP) is 3.54. The number of hydrogen-bond donors (Lipinski definition) is 1. The molecule has 0 amide bonds. The van der Waals surface area contributed by atoms with E-state index in [1.54, 1.807) is 0 Å². The topological polar surface area (TPSA) is 21.3 Å². The Labute approximate surface area is 116 Å². The zero-order valence-corrected chi connectivity index (χ0v) is 12.2. The largest absolute Gasteiger partial charge is 0.493 e. The Bertz CT molecular complexity index is 457. The van der Waals surface area contributed by atoms with Crippen LogP contribution in [0.4, 0.5) is 0 Å². The molecule has 0 bridgehead atoms. The average Bonchev–Trinajstić information content (AvgIpc) is 2.77. The maximum Gasteiger partial charge on any atom is 0.124 e. The molecule has 1 fully saturated rings. The van der Waals surface area contributed by atoms with E-state index < -0.39 is 0 Å². The molecule has 1 saturated carbocycles. The average molecular weight is 259 g/mol. The molecule has 0 aromatic heterocycles. The lowest BCUT2D eigenvalue weighted by Gasteiger charge is -2.26. The van der Waals surface area contributed by atoms with Gasteiger partial charge in [-0.1, -0.05) is 32.4 Å². The normalized spacial score (nSPS) is 30.1. The lowest BCUT2D eigenvalue weighted by molar-refractivity contribution is 0.162. The molecule has 2 heteroatoms. The third-order valence-corrected chi connectivity index (χ3v) is 4.76. The molecule has 3 rings (SSSR count). The number of fused-ring (bicyclic) bond motifs is 1. The molecule has 0 radical (unpaired) electrons. The molecular formula is C17H25NO. The first-order valence-electron chi connectivity index (χ1n) is 7.61. The highest BCUT2D eigenvalue weighted by molar-refractivity contribution is 5.41. The number of nitrogens with one attached hydrogen (secondary N) is 1. The van der Waals surface area contributed by atoms with Gasteiger partial charge in [0.2, 0.25) is 0 Å². The van der Waals surface area contributed by atoms with E-state index in [4.69, 9.17) is 4.74 Å². The van der Waals surface area contributed by atoms with Crippen LogP contribution in [0.1, 0.15) is 44.2 Å². The molecule has 1 aromatic rings. The fourth-order valence-corrected chi connectivity index (χ4v) is 3.64. The molecule has 0 spiro atoms. The van der Waals surface area contributed by atoms with Crippen LogP contribution in [0.5, 0.6) is 5.75 Å². The Morgan fingerprint density at radius 2 is 2.32 bits per heavy atom. The van der Waals surface area contributed by atoms with Crippen LogP contribution in [0.25, 0.3) is 0 Å². The Kier molecular flexibility index (Phi) is 3.53. The van der Waals surface area contributed by atoms with Crippen LogP contribution >= 0.6 is 0 Å². The maximum absolute atomic E-state index is 6.20. The summed E-state index contributed by atoms with van der Waals surface area (Å²) >= 11 is 0. The molecule has 1 aliphatic heterocycles. The molecule has 1 aliphatic carbocycles. The van der Waals surface area contributed by atoms with Gasteiger partial charge in [-0.3, -0.25) is 0 Å². The summed E-state index contributed by atoms with van der Waals surface area (Å²) < 4.78 is 6.20. The maximum atomic E-state index is 6.20. The second-order valence-electron chi connectivity index (χ2n) is 6.77. The minimum atomic E-state index is 0.379. The highest BCUT2D eigenvalue weighted by Gasteiger charge is 2.33. The second-order valence-corrected chi connectivity index (χ2v) is 6.77. The molecule has 2 nitrogen and oxygen atoms in total. The summed E-state index contributed by atoms with van der Waals surface area (Å²) in [7, 11) is 0. The van der Waals surface area contributed by atoms with Gasteiger partial charge in [0.25, 0.3) is 0 Å². The van der Waals surface area contributed by atoms with Crippen molar-refractivity contribution in [2.45, 2.75) is 46.1 Å². The van der Waals surface area contributed by atoms with Crippen molar-refractivity contribution >= 4 is 0 Å². The van der Waals surface area contributed by atoms with Crippen LogP contribution < -0.4 is 10.1 Å². The summed E-state index contributed by atoms with van der Waals surface area (Å²) in [5.41, 5.74) is 3.22. The summed E-state index contributed by atoms with van der Waals surface area (Å²) in [6, 6.07) is 6.51. The van der Waals surface area contributed by atoms with Gasteiger partial charge in [-0.05, 0) is 43.4 Å². The summed E-state index contributed by atoms with van der Waals surface area (Å²) in [5.74, 6) is 1.96. The van der Waals surface area contributed by atoms with Crippen molar-refractivity contribution in [1.29, 1.82) is 0 Å². The van der Waals surface area contributed by atoms with Crippen molar-refractivity contribution in [2.24, 2.45) is 11.3 Å². The van der Waals surface area contributed by atoms with Crippen molar-refractivity contribution in [1.82, 2.24) is 5.32 Å². The van der Waals surface area contributed by atoms with E-state index in [0.29, 0.717) is 5.41 Å². The fourth-order valence-electron chi connectivity index (χ4n) is 3.64. The van der Waals surface area contributed by atoms with Crippen molar-refractivity contribution in [3.63, 3.8) is 0 Å². The van der Waals surface area contributed by atoms with Crippen LogP contribution in [0.2, 0.25) is 0 Å². The van der Waals surface area contributed by atoms with Crippen LogP contribution in [0, 0.1) is 11.3 Å². The predicted molar refractivity (Wildman–Crippen MR) is 78.5 cm³/mol. The van der Waals surface area contributed by atoms with Crippen molar-refractivity contribution in [3.05, 3.63) is 29.3 Å². The smallest absolute Gasteiger partial charge is 0.124 e. The van der Waals surface area contributed by atoms with Crippen LogP contribution in [0.3, 0.4) is 0 Å². The third-order valence-electron chi connectivity index (χ3n) is 4.76. The van der Waals surface area contributed by atoms with Gasteiger partial charge < -0.3 is 10.1 Å². The molecule has 104 valence electrons. The highest BCUT2D eigenvalue weighted by Crippen LogP contribution is 2.41. The summed E-state index contributed by atoms with van der Waals surface area (Å²) in [5, 5.41) is 3.45. The summed E-state index contributed by atoms with van der Waals surface area (Å²) in [6.07, 6.45) is 5.09. The zero-order valence-electron chi connectivity index (χ0n) is 12.2. The fraction of sp³-hybridized carbons (Fsp3) is 0.647. The van der Waals surface area contributed by atoms with Gasteiger partial charge in [0.1, 0.15) is 5.75 Å². The first-order valence-corrected chi connectivity index (χ1v) is 7.61. The molecule has 0 saturated heterocycles. The van der Waals surface area contributed by atoms with Gasteiger partial charge in [-0.15, -0.1) is 0 Å². The Morgan fingerprint density at radius 1 is 1.42 bits per heavy atom. The number of ether oxygens (including phenoxy) is 1. The minimum absolute atomic E-state index is 0.379. The molecule has 1 N–H and O–H groups in total. The molecule has 1 heterocycles. The Balaban J connectivity index is 1.70. The molecular weight excluding hydrogens is 234 g/mol. The van der Waals surface area contributed by atoms with Crippen LogP contribution in [-0.2, 0) is 13.0 Å². The molecule has 1 aromatic carbocycles. The van der Waals surface area contributed by atoms with Crippen molar-refractivity contribution in [2.75, 3.05) is 13.2 Å². The first kappa shape index (κ1) is 13.0. The van der Waals surface area contributed by atoms with Gasteiger partial charge in [0.15, 0.2) is 0 Å². The Hall–Kier alpha value is -1.02. The van der Waals surface area contributed by atoms with Crippen LogP contribution in [-0.4, -0.2) is 13.2 Å². The van der Waals surface area contributed by atoms with Crippen molar-refractivity contribution < 1.29 is 4.74 Å². The van der Waals surface area contributed by atoms with E-state index in [0.717, 1.165) is 37.8 Å². The van der Waals surface area contributed by atoms with E-state index >= 15 is 0 Å². The van der Waals surface area contributed by atoms with Crippen LogP contribution in [0.15, 0.2) is 18.2 Å². The molecule has 19 heavy (non-hydrogen) atoms. The standard InChI is InChI=1S/C17H25NO/c1-13-6-8-17(2,10-13)12-19-16-5-3-4-14-7-9-18-11-15(14)16/h3-5,13,18H,6-12H2,1-2H3. The number of rotatable bonds is 3. The Morgan fingerprint density at radius 3 is 3.11 bits per heavy atom. The SMILES string of the molecule is CC1CCC(C)(COc2cccc3c2CNCC3)C1. The molecule has 2 atom stereocenters. The minimum Gasteiger partial charge on any atom is -0.493 e. The van der Waals surface area contributed by atoms with E-state index in [9.17, 15) is 0 Å². The van der Waals surface area contributed by atoms with Gasteiger partial charge in [-0.2, -0.15) is 0 Å². The summed E-state index contributed by atoms with van der Waals surface area (Å²) in [4.78, 5) is 0. The molecule has 2 unspecified atom stereocenters. The quantitative estimate of drug-likeness (QED) is 0.896. The highest BCUT2D eigenvalue weighted by atomic mass is 16.5. The number of hydrogen-bond acceptors (Lipinski definition) is 2. The molecule has 2 aliphatic rings. The first-order chi connectivity index (χ1) is 9.16. The monoisotopic (exact) mass is 259 g/mol. The lowest BCUT2D eigenvalue weighted by Crippen LogP contribution is -2.26. The van der Waals surface area contributed by atoms with E-state index in [1.165, 1.54) is 30.4 Å². The van der Waals surface area contributed by atoms with Gasteiger partial charge in [-0.25, -0.2) is 0 Å². The van der Waals surface area contributed by atoms with E-state index in [-0.39, 0.29) is 0 Å². The number of benzene rings is 1.